The first-order chi connectivity index (χ1) is 10.3. The monoisotopic (exact) mass is 307 g/mol. The van der Waals surface area contributed by atoms with E-state index in [1.807, 2.05) is 20.8 Å². The summed E-state index contributed by atoms with van der Waals surface area (Å²) < 4.78 is 1.37. The average molecular weight is 307 g/mol. The van der Waals surface area contributed by atoms with Crippen LogP contribution in [-0.4, -0.2) is 22.9 Å². The third kappa shape index (κ3) is 5.35. The number of carbonyl (C=O) groups excluding carboxylic acids is 2. The molecule has 0 fully saturated rings. The predicted octanol–water partition coefficient (Wildman–Crippen LogP) is 1.67. The van der Waals surface area contributed by atoms with Gasteiger partial charge in [-0.25, -0.2) is 0 Å². The van der Waals surface area contributed by atoms with Gasteiger partial charge in [0, 0.05) is 18.7 Å². The summed E-state index contributed by atoms with van der Waals surface area (Å²) in [6.07, 6.45) is 1.08. The van der Waals surface area contributed by atoms with E-state index in [0.717, 1.165) is 0 Å². The molecule has 0 aliphatic carbocycles. The van der Waals surface area contributed by atoms with E-state index in [1.54, 1.807) is 19.1 Å². The Morgan fingerprint density at radius 3 is 2.50 bits per heavy atom. The molecule has 6 nitrogen and oxygen atoms in total. The van der Waals surface area contributed by atoms with Gasteiger partial charge in [-0.05, 0) is 31.4 Å². The second kappa shape index (κ2) is 8.36. The molecule has 1 aromatic rings. The summed E-state index contributed by atoms with van der Waals surface area (Å²) in [6, 6.07) is 3.30. The van der Waals surface area contributed by atoms with Crippen molar-refractivity contribution in [1.82, 2.24) is 9.88 Å². The molecule has 0 radical (unpaired) electrons. The number of aryl methyl sites for hydroxylation is 1. The minimum absolute atomic E-state index is 0.0468. The summed E-state index contributed by atoms with van der Waals surface area (Å²) in [5.74, 6) is -0.0587. The summed E-state index contributed by atoms with van der Waals surface area (Å²) >= 11 is 0. The number of pyridine rings is 1. The first kappa shape index (κ1) is 17.9. The third-order valence-corrected chi connectivity index (χ3v) is 3.15. The van der Waals surface area contributed by atoms with E-state index in [9.17, 15) is 14.4 Å². The van der Waals surface area contributed by atoms with E-state index in [1.165, 1.54) is 4.57 Å². The Labute approximate surface area is 130 Å². The van der Waals surface area contributed by atoms with Crippen molar-refractivity contribution in [3.63, 3.8) is 0 Å². The molecule has 1 heterocycles. The molecule has 2 N–H and O–H groups in total. The number of hydrogen-bond donors (Lipinski definition) is 2. The number of carbonyl (C=O) groups is 2. The number of nitrogens with one attached hydrogen (secondary N) is 2. The Kier molecular flexibility index (Phi) is 6.82. The van der Waals surface area contributed by atoms with Crippen molar-refractivity contribution in [2.24, 2.45) is 5.92 Å². The normalized spacial score (nSPS) is 10.6. The Balaban J connectivity index is 2.88. The topological polar surface area (TPSA) is 80.2 Å². The number of nitrogens with zero attached hydrogens (tertiary/aromatic N) is 1. The van der Waals surface area contributed by atoms with Crippen molar-refractivity contribution >= 4 is 17.5 Å². The minimum atomic E-state index is -0.357. The van der Waals surface area contributed by atoms with Crippen molar-refractivity contribution in [2.45, 2.75) is 47.1 Å². The second-order valence-corrected chi connectivity index (χ2v) is 5.78. The maximum absolute atomic E-state index is 12.4. The van der Waals surface area contributed by atoms with Gasteiger partial charge in [-0.2, -0.15) is 0 Å². The summed E-state index contributed by atoms with van der Waals surface area (Å²) in [7, 11) is 0. The second-order valence-electron chi connectivity index (χ2n) is 5.78. The van der Waals surface area contributed by atoms with E-state index < -0.39 is 0 Å². The molecule has 0 unspecified atom stereocenters. The van der Waals surface area contributed by atoms with E-state index in [2.05, 4.69) is 10.6 Å². The Hall–Kier alpha value is -2.11. The Morgan fingerprint density at radius 2 is 1.91 bits per heavy atom. The van der Waals surface area contributed by atoms with Gasteiger partial charge in [-0.3, -0.25) is 14.4 Å². The highest BCUT2D eigenvalue weighted by Crippen LogP contribution is 2.04. The lowest BCUT2D eigenvalue weighted by Gasteiger charge is -2.13. The molecular weight excluding hydrogens is 282 g/mol. The fourth-order valence-electron chi connectivity index (χ4n) is 1.92. The molecule has 0 saturated heterocycles. The molecular formula is C16H25N3O3. The SMILES string of the molecule is CCCC(=O)Nc1ccc(C)n(CC(=O)NCC(C)C)c1=O. The number of amides is 2. The molecule has 0 aliphatic heterocycles. The Morgan fingerprint density at radius 1 is 1.23 bits per heavy atom. The summed E-state index contributed by atoms with van der Waals surface area (Å²) in [5.41, 5.74) is 0.531. The van der Waals surface area contributed by atoms with Gasteiger partial charge in [-0.15, -0.1) is 0 Å². The van der Waals surface area contributed by atoms with Gasteiger partial charge in [0.15, 0.2) is 0 Å². The van der Waals surface area contributed by atoms with Crippen molar-refractivity contribution in [1.29, 1.82) is 0 Å². The zero-order valence-corrected chi connectivity index (χ0v) is 13.7. The lowest BCUT2D eigenvalue weighted by Crippen LogP contribution is -2.36. The lowest BCUT2D eigenvalue weighted by molar-refractivity contribution is -0.121. The van der Waals surface area contributed by atoms with Crippen LogP contribution in [0.15, 0.2) is 16.9 Å². The van der Waals surface area contributed by atoms with E-state index in [-0.39, 0.29) is 29.6 Å². The number of hydrogen-bond acceptors (Lipinski definition) is 3. The van der Waals surface area contributed by atoms with Gasteiger partial charge in [0.25, 0.3) is 5.56 Å². The van der Waals surface area contributed by atoms with Crippen LogP contribution in [0.2, 0.25) is 0 Å². The van der Waals surface area contributed by atoms with Crippen LogP contribution in [0.3, 0.4) is 0 Å². The van der Waals surface area contributed by atoms with Gasteiger partial charge in [0.1, 0.15) is 12.2 Å². The van der Waals surface area contributed by atoms with Crippen molar-refractivity contribution in [2.75, 3.05) is 11.9 Å². The van der Waals surface area contributed by atoms with E-state index in [0.29, 0.717) is 31.0 Å². The highest BCUT2D eigenvalue weighted by Gasteiger charge is 2.12. The summed E-state index contributed by atoms with van der Waals surface area (Å²) in [6.45, 7) is 8.18. The van der Waals surface area contributed by atoms with E-state index in [4.69, 9.17) is 0 Å². The van der Waals surface area contributed by atoms with Crippen molar-refractivity contribution in [3.05, 3.63) is 28.2 Å². The lowest BCUT2D eigenvalue weighted by atomic mass is 10.2. The first-order valence-electron chi connectivity index (χ1n) is 7.62. The third-order valence-electron chi connectivity index (χ3n) is 3.15. The van der Waals surface area contributed by atoms with Gasteiger partial charge in [0.05, 0.1) is 0 Å². The van der Waals surface area contributed by atoms with Gasteiger partial charge in [0.2, 0.25) is 11.8 Å². The van der Waals surface area contributed by atoms with Crippen molar-refractivity contribution in [3.8, 4) is 0 Å². The van der Waals surface area contributed by atoms with Crippen molar-refractivity contribution < 1.29 is 9.59 Å². The summed E-state index contributed by atoms with van der Waals surface area (Å²) in [5, 5.41) is 5.38. The first-order valence-corrected chi connectivity index (χ1v) is 7.62. The zero-order chi connectivity index (χ0) is 16.7. The molecule has 0 bridgehead atoms. The van der Waals surface area contributed by atoms with Crippen LogP contribution in [0.5, 0.6) is 0 Å². The molecule has 1 rings (SSSR count). The fourth-order valence-corrected chi connectivity index (χ4v) is 1.92. The van der Waals surface area contributed by atoms with Gasteiger partial charge in [-0.1, -0.05) is 20.8 Å². The quantitative estimate of drug-likeness (QED) is 0.804. The fraction of sp³-hybridized carbons (Fsp3) is 0.562. The van der Waals surface area contributed by atoms with Gasteiger partial charge >= 0.3 is 0 Å². The maximum Gasteiger partial charge on any atom is 0.274 e. The molecule has 0 aliphatic rings. The molecule has 6 heteroatoms. The largest absolute Gasteiger partial charge is 0.354 e. The molecule has 1 aromatic heterocycles. The predicted molar refractivity (Wildman–Crippen MR) is 86.8 cm³/mol. The molecule has 2 amide bonds. The maximum atomic E-state index is 12.4. The molecule has 0 aromatic carbocycles. The van der Waals surface area contributed by atoms with Crippen LogP contribution in [0.1, 0.15) is 39.3 Å². The zero-order valence-electron chi connectivity index (χ0n) is 13.7. The number of rotatable bonds is 7. The summed E-state index contributed by atoms with van der Waals surface area (Å²) in [4.78, 5) is 35.9. The van der Waals surface area contributed by atoms with E-state index >= 15 is 0 Å². The minimum Gasteiger partial charge on any atom is -0.354 e. The van der Waals surface area contributed by atoms with Crippen LogP contribution in [0, 0.1) is 12.8 Å². The molecule has 0 saturated carbocycles. The van der Waals surface area contributed by atoms with Crippen LogP contribution in [-0.2, 0) is 16.1 Å². The number of anilines is 1. The van der Waals surface area contributed by atoms with Crippen LogP contribution in [0.4, 0.5) is 5.69 Å². The molecule has 122 valence electrons. The standard InChI is InChI=1S/C16H25N3O3/c1-5-6-14(20)18-13-8-7-12(4)19(16(13)22)10-15(21)17-9-11(2)3/h7-8,11H,5-6,9-10H2,1-4H3,(H,17,21)(H,18,20). The Bertz CT molecular complexity index is 591. The highest BCUT2D eigenvalue weighted by molar-refractivity contribution is 5.90. The smallest absolute Gasteiger partial charge is 0.274 e. The highest BCUT2D eigenvalue weighted by atomic mass is 16.2. The van der Waals surface area contributed by atoms with Crippen LogP contribution in [0.25, 0.3) is 0 Å². The van der Waals surface area contributed by atoms with Gasteiger partial charge < -0.3 is 15.2 Å². The van der Waals surface area contributed by atoms with Crippen LogP contribution >= 0.6 is 0 Å². The molecule has 0 atom stereocenters. The average Bonchev–Trinajstić information content (AvgIpc) is 2.44. The number of aromatic nitrogens is 1. The van der Waals surface area contributed by atoms with Crippen LogP contribution < -0.4 is 16.2 Å². The molecule has 22 heavy (non-hydrogen) atoms. The molecule has 0 spiro atoms.